The lowest BCUT2D eigenvalue weighted by molar-refractivity contribution is 0.0952. The van der Waals surface area contributed by atoms with Gasteiger partial charge in [-0.3, -0.25) is 9.69 Å². The number of piperazine rings is 1. The Morgan fingerprint density at radius 3 is 2.33 bits per heavy atom. The molecule has 0 aromatic heterocycles. The third-order valence-corrected chi connectivity index (χ3v) is 8.63. The minimum absolute atomic E-state index is 0.00587. The van der Waals surface area contributed by atoms with E-state index in [4.69, 9.17) is 23.2 Å². The molecule has 5 nitrogen and oxygen atoms in total. The third kappa shape index (κ3) is 7.55. The van der Waals surface area contributed by atoms with Gasteiger partial charge in [-0.15, -0.1) is 0 Å². The molecule has 5 rings (SSSR count). The molecule has 0 bridgehead atoms. The predicted octanol–water partition coefficient (Wildman–Crippen LogP) is 6.24. The van der Waals surface area contributed by atoms with Crippen molar-refractivity contribution < 1.29 is 4.79 Å². The Morgan fingerprint density at radius 2 is 1.54 bits per heavy atom. The number of halogens is 2. The molecule has 2 fully saturated rings. The molecule has 39 heavy (non-hydrogen) atoms. The highest BCUT2D eigenvalue weighted by molar-refractivity contribution is 6.42. The minimum Gasteiger partial charge on any atom is -0.368 e. The van der Waals surface area contributed by atoms with Gasteiger partial charge in [0.25, 0.3) is 5.91 Å². The zero-order valence-electron chi connectivity index (χ0n) is 22.5. The van der Waals surface area contributed by atoms with Crippen molar-refractivity contribution in [3.63, 3.8) is 0 Å². The molecular weight excluding hydrogens is 527 g/mol. The van der Waals surface area contributed by atoms with Crippen LogP contribution >= 0.6 is 23.2 Å². The highest BCUT2D eigenvalue weighted by Gasteiger charge is 2.20. The fourth-order valence-corrected chi connectivity index (χ4v) is 5.95. The normalized spacial score (nSPS) is 16.5. The van der Waals surface area contributed by atoms with E-state index >= 15 is 0 Å². The fraction of sp³-hybridized carbons (Fsp3) is 0.406. The average Bonchev–Trinajstić information content (AvgIpc) is 3.50. The number of likely N-dealkylation sites (tertiary alicyclic amines) is 1. The summed E-state index contributed by atoms with van der Waals surface area (Å²) in [5.74, 6) is 0.00587. The highest BCUT2D eigenvalue weighted by Crippen LogP contribution is 2.32. The number of hydrogen-bond acceptors (Lipinski definition) is 4. The smallest absolute Gasteiger partial charge is 0.251 e. The first-order valence-electron chi connectivity index (χ1n) is 14.2. The van der Waals surface area contributed by atoms with Crippen molar-refractivity contribution in [3.8, 4) is 11.1 Å². The van der Waals surface area contributed by atoms with Crippen LogP contribution in [0.4, 0.5) is 5.69 Å². The van der Waals surface area contributed by atoms with E-state index < -0.39 is 0 Å². The molecule has 0 saturated carbocycles. The Bertz CT molecular complexity index is 1250. The summed E-state index contributed by atoms with van der Waals surface area (Å²) in [4.78, 5) is 20.4. The molecule has 2 heterocycles. The Morgan fingerprint density at radius 1 is 0.769 bits per heavy atom. The Kier molecular flexibility index (Phi) is 9.81. The summed E-state index contributed by atoms with van der Waals surface area (Å²) in [6.45, 7) is 9.13. The lowest BCUT2D eigenvalue weighted by atomic mass is 10.00. The van der Waals surface area contributed by atoms with E-state index in [1.165, 1.54) is 42.7 Å². The van der Waals surface area contributed by atoms with Gasteiger partial charge in [0.2, 0.25) is 0 Å². The van der Waals surface area contributed by atoms with Gasteiger partial charge in [0, 0.05) is 56.1 Å². The number of benzene rings is 3. The van der Waals surface area contributed by atoms with Gasteiger partial charge < -0.3 is 15.1 Å². The summed E-state index contributed by atoms with van der Waals surface area (Å²) in [5, 5.41) is 4.34. The van der Waals surface area contributed by atoms with Gasteiger partial charge in [-0.05, 0) is 86.8 Å². The fourth-order valence-electron chi connectivity index (χ4n) is 5.63. The molecule has 2 saturated heterocycles. The van der Waals surface area contributed by atoms with Crippen LogP contribution in [0.5, 0.6) is 0 Å². The Labute approximate surface area is 242 Å². The van der Waals surface area contributed by atoms with Crippen LogP contribution in [-0.2, 0) is 6.42 Å². The molecule has 7 heteroatoms. The molecule has 206 valence electrons. The quantitative estimate of drug-likeness (QED) is 0.296. The second-order valence-corrected chi connectivity index (χ2v) is 11.4. The molecule has 3 aromatic carbocycles. The molecule has 1 N–H and O–H groups in total. The number of nitrogens with one attached hydrogen (secondary N) is 1. The maximum atomic E-state index is 12.9. The van der Waals surface area contributed by atoms with E-state index in [9.17, 15) is 4.79 Å². The number of rotatable bonds is 10. The second kappa shape index (κ2) is 13.7. The number of amides is 1. The first-order chi connectivity index (χ1) is 19.1. The van der Waals surface area contributed by atoms with Crippen molar-refractivity contribution in [2.75, 3.05) is 63.8 Å². The first-order valence-corrected chi connectivity index (χ1v) is 14.9. The summed E-state index contributed by atoms with van der Waals surface area (Å²) in [5.41, 5.74) is 5.41. The second-order valence-electron chi connectivity index (χ2n) is 10.6. The van der Waals surface area contributed by atoms with Crippen LogP contribution in [0.25, 0.3) is 11.1 Å². The van der Waals surface area contributed by atoms with Crippen LogP contribution in [-0.4, -0.2) is 74.6 Å². The Balaban J connectivity index is 1.16. The van der Waals surface area contributed by atoms with Crippen molar-refractivity contribution in [2.45, 2.75) is 25.7 Å². The van der Waals surface area contributed by atoms with Crippen LogP contribution in [0.2, 0.25) is 10.0 Å². The van der Waals surface area contributed by atoms with E-state index in [0.717, 1.165) is 63.2 Å². The van der Waals surface area contributed by atoms with Crippen LogP contribution in [0.15, 0.2) is 66.7 Å². The lowest BCUT2D eigenvalue weighted by Crippen LogP contribution is -2.47. The van der Waals surface area contributed by atoms with Gasteiger partial charge in [-0.25, -0.2) is 0 Å². The van der Waals surface area contributed by atoms with Crippen molar-refractivity contribution in [3.05, 3.63) is 87.9 Å². The van der Waals surface area contributed by atoms with E-state index in [2.05, 4.69) is 56.4 Å². The molecular formula is C32H38Cl2N4O. The van der Waals surface area contributed by atoms with Crippen LogP contribution in [0, 0.1) is 0 Å². The van der Waals surface area contributed by atoms with Gasteiger partial charge in [-0.1, -0.05) is 59.6 Å². The van der Waals surface area contributed by atoms with Crippen LogP contribution < -0.4 is 10.2 Å². The molecule has 0 atom stereocenters. The third-order valence-electron chi connectivity index (χ3n) is 7.89. The number of carbonyl (C=O) groups is 1. The largest absolute Gasteiger partial charge is 0.368 e. The van der Waals surface area contributed by atoms with Crippen molar-refractivity contribution in [1.82, 2.24) is 15.1 Å². The number of para-hydroxylation sites is 1. The van der Waals surface area contributed by atoms with Crippen LogP contribution in [0.3, 0.4) is 0 Å². The average molecular weight is 566 g/mol. The van der Waals surface area contributed by atoms with Gasteiger partial charge in [-0.2, -0.15) is 0 Å². The maximum Gasteiger partial charge on any atom is 0.251 e. The molecule has 3 aromatic rings. The topological polar surface area (TPSA) is 38.8 Å². The molecule has 2 aliphatic rings. The number of nitrogens with zero attached hydrogens (tertiary/aromatic N) is 3. The molecule has 0 unspecified atom stereocenters. The maximum absolute atomic E-state index is 12.9. The van der Waals surface area contributed by atoms with Gasteiger partial charge >= 0.3 is 0 Å². The molecule has 0 radical (unpaired) electrons. The zero-order chi connectivity index (χ0) is 27.0. The summed E-state index contributed by atoms with van der Waals surface area (Å²) in [6.07, 6.45) is 4.56. The number of carbonyl (C=O) groups excluding carboxylic acids is 1. The number of anilines is 1. The SMILES string of the molecule is O=C(NCCCN1CCCC1)c1cccc(-c2ccccc2N2CCN(CCc3ccc(Cl)c(Cl)c3)CC2)c1. The lowest BCUT2D eigenvalue weighted by Gasteiger charge is -2.37. The van der Waals surface area contributed by atoms with Gasteiger partial charge in [0.15, 0.2) is 0 Å². The predicted molar refractivity (Wildman–Crippen MR) is 163 cm³/mol. The van der Waals surface area contributed by atoms with E-state index in [0.29, 0.717) is 16.6 Å². The molecule has 0 aliphatic carbocycles. The molecule has 1 amide bonds. The summed E-state index contributed by atoms with van der Waals surface area (Å²) >= 11 is 12.3. The first kappa shape index (κ1) is 28.0. The summed E-state index contributed by atoms with van der Waals surface area (Å²) < 4.78 is 0. The van der Waals surface area contributed by atoms with Crippen molar-refractivity contribution in [2.24, 2.45) is 0 Å². The number of hydrogen-bond donors (Lipinski definition) is 1. The van der Waals surface area contributed by atoms with Gasteiger partial charge in [0.1, 0.15) is 0 Å². The van der Waals surface area contributed by atoms with Crippen LogP contribution in [0.1, 0.15) is 35.2 Å². The van der Waals surface area contributed by atoms with E-state index in [1.54, 1.807) is 0 Å². The molecule has 0 spiro atoms. The minimum atomic E-state index is 0.00587. The Hall–Kier alpha value is -2.57. The standard InChI is InChI=1S/C32H38Cl2N4O/c33-29-12-11-25(23-30(29)34)13-18-37-19-21-38(22-20-37)31-10-2-1-9-28(31)26-7-5-8-27(24-26)32(39)35-14-6-17-36-15-3-4-16-36/h1-2,5,7-12,23-24H,3-4,6,13-22H2,(H,35,39). The van der Waals surface area contributed by atoms with E-state index in [1.807, 2.05) is 30.3 Å². The summed E-state index contributed by atoms with van der Waals surface area (Å²) in [7, 11) is 0. The molecule has 2 aliphatic heterocycles. The van der Waals surface area contributed by atoms with Crippen molar-refractivity contribution >= 4 is 34.8 Å². The van der Waals surface area contributed by atoms with Gasteiger partial charge in [0.05, 0.1) is 10.0 Å². The van der Waals surface area contributed by atoms with Crippen molar-refractivity contribution in [1.29, 1.82) is 0 Å². The highest BCUT2D eigenvalue weighted by atomic mass is 35.5. The monoisotopic (exact) mass is 564 g/mol. The van der Waals surface area contributed by atoms with E-state index in [-0.39, 0.29) is 5.91 Å². The summed E-state index contributed by atoms with van der Waals surface area (Å²) in [6, 6.07) is 22.5. The zero-order valence-corrected chi connectivity index (χ0v) is 24.1.